The molecule has 5 nitrogen and oxygen atoms in total. The van der Waals surface area contributed by atoms with Crippen LogP contribution in [-0.2, 0) is 10.0 Å². The van der Waals surface area contributed by atoms with Gasteiger partial charge in [0.2, 0.25) is 10.0 Å². The van der Waals surface area contributed by atoms with Gasteiger partial charge in [-0.15, -0.1) is 0 Å². The van der Waals surface area contributed by atoms with E-state index >= 15 is 0 Å². The lowest BCUT2D eigenvalue weighted by atomic mass is 10.1. The highest BCUT2D eigenvalue weighted by atomic mass is 32.2. The summed E-state index contributed by atoms with van der Waals surface area (Å²) < 4.78 is 26.3. The van der Waals surface area contributed by atoms with E-state index in [0.717, 1.165) is 0 Å². The van der Waals surface area contributed by atoms with Crippen molar-refractivity contribution in [1.29, 1.82) is 0 Å². The normalized spacial score (nSPS) is 12.7. The summed E-state index contributed by atoms with van der Waals surface area (Å²) in [4.78, 5) is 0. The number of oxime groups is 1. The Hall–Kier alpha value is -1.56. The van der Waals surface area contributed by atoms with Crippen molar-refractivity contribution in [1.82, 2.24) is 0 Å². The molecular weight excluding hydrogens is 264 g/mol. The molecule has 0 aliphatic heterocycles. The standard InChI is InChI=1S/C13H20N2O3S/c1-10(2)7-8-19(17,18)15-13-6-4-5-12(9-13)11(3)14-16/h4-6,9-10,15-16H,7-8H2,1-3H3/b14-11+. The topological polar surface area (TPSA) is 78.8 Å². The molecule has 6 heteroatoms. The Bertz CT molecular complexity index is 551. The Labute approximate surface area is 114 Å². The first kappa shape index (κ1) is 15.5. The van der Waals surface area contributed by atoms with Crippen molar-refractivity contribution in [2.75, 3.05) is 10.5 Å². The van der Waals surface area contributed by atoms with Crippen LogP contribution in [-0.4, -0.2) is 25.1 Å². The highest BCUT2D eigenvalue weighted by Gasteiger charge is 2.11. The summed E-state index contributed by atoms with van der Waals surface area (Å²) in [7, 11) is -3.33. The molecular formula is C13H20N2O3S. The fourth-order valence-corrected chi connectivity index (χ4v) is 2.86. The van der Waals surface area contributed by atoms with Crippen LogP contribution >= 0.6 is 0 Å². The van der Waals surface area contributed by atoms with Gasteiger partial charge in [-0.05, 0) is 31.4 Å². The maximum absolute atomic E-state index is 11.9. The molecule has 1 aromatic rings. The number of hydrogen-bond acceptors (Lipinski definition) is 4. The summed E-state index contributed by atoms with van der Waals surface area (Å²) in [5.41, 5.74) is 1.58. The molecule has 0 amide bonds. The van der Waals surface area contributed by atoms with Gasteiger partial charge in [-0.25, -0.2) is 8.42 Å². The molecule has 0 spiro atoms. The number of rotatable bonds is 6. The van der Waals surface area contributed by atoms with Gasteiger partial charge >= 0.3 is 0 Å². The summed E-state index contributed by atoms with van der Waals surface area (Å²) in [5, 5.41) is 11.8. The predicted octanol–water partition coefficient (Wildman–Crippen LogP) is 2.67. The predicted molar refractivity (Wildman–Crippen MR) is 77.3 cm³/mol. The fraction of sp³-hybridized carbons (Fsp3) is 0.462. The summed E-state index contributed by atoms with van der Waals surface area (Å²) in [5.74, 6) is 0.439. The number of benzene rings is 1. The third kappa shape index (κ3) is 5.30. The largest absolute Gasteiger partial charge is 0.411 e. The van der Waals surface area contributed by atoms with E-state index in [1.54, 1.807) is 31.2 Å². The second kappa shape index (κ2) is 6.56. The van der Waals surface area contributed by atoms with Crippen LogP contribution in [0.5, 0.6) is 0 Å². The Morgan fingerprint density at radius 2 is 2.11 bits per heavy atom. The van der Waals surface area contributed by atoms with E-state index in [9.17, 15) is 8.42 Å². The quantitative estimate of drug-likeness (QED) is 0.479. The molecule has 1 aromatic carbocycles. The van der Waals surface area contributed by atoms with Crippen LogP contribution in [0.2, 0.25) is 0 Å². The SMILES string of the molecule is C/C(=N\O)c1cccc(NS(=O)(=O)CCC(C)C)c1. The van der Waals surface area contributed by atoms with Gasteiger partial charge in [0, 0.05) is 11.3 Å². The molecule has 0 unspecified atom stereocenters. The minimum absolute atomic E-state index is 0.0992. The second-order valence-corrected chi connectivity index (χ2v) is 6.71. The summed E-state index contributed by atoms with van der Waals surface area (Å²) >= 11 is 0. The Morgan fingerprint density at radius 1 is 1.42 bits per heavy atom. The average Bonchev–Trinajstić information content (AvgIpc) is 2.35. The highest BCUT2D eigenvalue weighted by Crippen LogP contribution is 2.14. The maximum Gasteiger partial charge on any atom is 0.232 e. The van der Waals surface area contributed by atoms with Gasteiger partial charge < -0.3 is 5.21 Å². The maximum atomic E-state index is 11.9. The highest BCUT2D eigenvalue weighted by molar-refractivity contribution is 7.92. The molecule has 2 N–H and O–H groups in total. The zero-order valence-electron chi connectivity index (χ0n) is 11.4. The van der Waals surface area contributed by atoms with Crippen molar-refractivity contribution in [2.24, 2.45) is 11.1 Å². The zero-order chi connectivity index (χ0) is 14.5. The lowest BCUT2D eigenvalue weighted by molar-refractivity contribution is 0.319. The van der Waals surface area contributed by atoms with Gasteiger partial charge in [-0.2, -0.15) is 0 Å². The Balaban J connectivity index is 2.82. The number of nitrogens with zero attached hydrogens (tertiary/aromatic N) is 1. The first-order valence-electron chi connectivity index (χ1n) is 6.13. The van der Waals surface area contributed by atoms with Gasteiger partial charge in [0.1, 0.15) is 0 Å². The van der Waals surface area contributed by atoms with Crippen LogP contribution in [0.1, 0.15) is 32.8 Å². The van der Waals surface area contributed by atoms with Crippen molar-refractivity contribution >= 4 is 21.4 Å². The van der Waals surface area contributed by atoms with E-state index in [1.807, 2.05) is 13.8 Å². The molecule has 0 saturated heterocycles. The third-order valence-corrected chi connectivity index (χ3v) is 3.99. The van der Waals surface area contributed by atoms with Gasteiger partial charge in [0.25, 0.3) is 0 Å². The number of sulfonamides is 1. The van der Waals surface area contributed by atoms with E-state index < -0.39 is 10.0 Å². The average molecular weight is 284 g/mol. The third-order valence-electron chi connectivity index (χ3n) is 2.67. The van der Waals surface area contributed by atoms with Crippen molar-refractivity contribution in [3.63, 3.8) is 0 Å². The minimum Gasteiger partial charge on any atom is -0.411 e. The van der Waals surface area contributed by atoms with E-state index in [4.69, 9.17) is 5.21 Å². The lowest BCUT2D eigenvalue weighted by Crippen LogP contribution is -2.18. The monoisotopic (exact) mass is 284 g/mol. The molecule has 106 valence electrons. The molecule has 19 heavy (non-hydrogen) atoms. The van der Waals surface area contributed by atoms with Crippen molar-refractivity contribution < 1.29 is 13.6 Å². The smallest absolute Gasteiger partial charge is 0.232 e. The lowest BCUT2D eigenvalue weighted by Gasteiger charge is -2.10. The molecule has 0 fully saturated rings. The van der Waals surface area contributed by atoms with Crippen molar-refractivity contribution in [3.05, 3.63) is 29.8 Å². The van der Waals surface area contributed by atoms with Crippen LogP contribution in [0.3, 0.4) is 0 Å². The number of nitrogens with one attached hydrogen (secondary N) is 1. The first-order valence-corrected chi connectivity index (χ1v) is 7.79. The summed E-state index contributed by atoms with van der Waals surface area (Å²) in [6.45, 7) is 5.61. The molecule has 0 aliphatic carbocycles. The van der Waals surface area contributed by atoms with Crippen LogP contribution in [0, 0.1) is 5.92 Å². The molecule has 0 heterocycles. The molecule has 1 rings (SSSR count). The molecule has 0 saturated carbocycles. The fourth-order valence-electron chi connectivity index (χ4n) is 1.49. The van der Waals surface area contributed by atoms with E-state index in [2.05, 4.69) is 9.88 Å². The summed E-state index contributed by atoms with van der Waals surface area (Å²) in [6.07, 6.45) is 0.617. The molecule has 0 radical (unpaired) electrons. The zero-order valence-corrected chi connectivity index (χ0v) is 12.2. The van der Waals surface area contributed by atoms with E-state index in [-0.39, 0.29) is 5.75 Å². The van der Waals surface area contributed by atoms with Crippen molar-refractivity contribution in [3.8, 4) is 0 Å². The van der Waals surface area contributed by atoms with E-state index in [0.29, 0.717) is 29.3 Å². The van der Waals surface area contributed by atoms with Crippen LogP contribution in [0.25, 0.3) is 0 Å². The Morgan fingerprint density at radius 3 is 2.68 bits per heavy atom. The summed E-state index contributed by atoms with van der Waals surface area (Å²) in [6, 6.07) is 6.77. The van der Waals surface area contributed by atoms with Crippen LogP contribution in [0.15, 0.2) is 29.4 Å². The van der Waals surface area contributed by atoms with E-state index in [1.165, 1.54) is 0 Å². The van der Waals surface area contributed by atoms with Gasteiger partial charge in [-0.3, -0.25) is 4.72 Å². The molecule has 0 aromatic heterocycles. The van der Waals surface area contributed by atoms with Gasteiger partial charge in [0.05, 0.1) is 11.5 Å². The number of hydrogen-bond donors (Lipinski definition) is 2. The minimum atomic E-state index is -3.33. The van der Waals surface area contributed by atoms with Gasteiger partial charge in [0.15, 0.2) is 0 Å². The Kier molecular flexibility index (Phi) is 5.35. The first-order chi connectivity index (χ1) is 8.84. The van der Waals surface area contributed by atoms with Crippen molar-refractivity contribution in [2.45, 2.75) is 27.2 Å². The molecule has 0 aliphatic rings. The number of anilines is 1. The molecule has 0 atom stereocenters. The van der Waals surface area contributed by atoms with Crippen LogP contribution in [0.4, 0.5) is 5.69 Å². The second-order valence-electron chi connectivity index (χ2n) is 4.87. The van der Waals surface area contributed by atoms with Crippen LogP contribution < -0.4 is 4.72 Å². The van der Waals surface area contributed by atoms with Gasteiger partial charge in [-0.1, -0.05) is 31.1 Å². The molecule has 0 bridgehead atoms.